The minimum atomic E-state index is -4.06. The molecule has 0 amide bonds. The van der Waals surface area contributed by atoms with Gasteiger partial charge in [-0.25, -0.2) is 17.2 Å². The third-order valence-electron chi connectivity index (χ3n) is 2.71. The summed E-state index contributed by atoms with van der Waals surface area (Å²) in [5, 5.41) is 8.96. The number of hydrogen-bond acceptors (Lipinski definition) is 3. The monoisotopic (exact) mass is 292 g/mol. The first-order chi connectivity index (χ1) is 8.47. The molecule has 1 N–H and O–H groups in total. The van der Waals surface area contributed by atoms with Crippen LogP contribution in [-0.2, 0) is 21.1 Å². The molecule has 0 unspecified atom stereocenters. The lowest BCUT2D eigenvalue weighted by Gasteiger charge is -2.20. The van der Waals surface area contributed by atoms with Crippen LogP contribution in [-0.4, -0.2) is 25.7 Å². The van der Waals surface area contributed by atoms with Crippen molar-refractivity contribution < 1.29 is 27.1 Å². The molecule has 0 aliphatic carbocycles. The molecule has 0 heterocycles. The summed E-state index contributed by atoms with van der Waals surface area (Å²) in [5.74, 6) is -3.56. The van der Waals surface area contributed by atoms with Gasteiger partial charge < -0.3 is 5.11 Å². The van der Waals surface area contributed by atoms with Crippen LogP contribution in [0.1, 0.15) is 19.4 Å². The molecular formula is C12H14F2O4S. The Morgan fingerprint density at radius 1 is 1.32 bits per heavy atom. The lowest BCUT2D eigenvalue weighted by molar-refractivity contribution is -0.146. The lowest BCUT2D eigenvalue weighted by atomic mass is 9.86. The summed E-state index contributed by atoms with van der Waals surface area (Å²) < 4.78 is 50.1. The lowest BCUT2D eigenvalue weighted by Crippen LogP contribution is -2.27. The standard InChI is InChI=1S/C12H14F2O4S/c1-12(2,11(15)16)6-7-4-5-8(13)10(9(7)14)19(3,17)18/h4-5H,6H2,1-3H3,(H,15,16). The first kappa shape index (κ1) is 15.6. The summed E-state index contributed by atoms with van der Waals surface area (Å²) in [4.78, 5) is 9.95. The molecule has 0 saturated carbocycles. The maximum absolute atomic E-state index is 14.0. The maximum atomic E-state index is 14.0. The summed E-state index contributed by atoms with van der Waals surface area (Å²) in [6, 6.07) is 1.89. The van der Waals surface area contributed by atoms with E-state index >= 15 is 0 Å². The largest absolute Gasteiger partial charge is 0.481 e. The van der Waals surface area contributed by atoms with E-state index in [2.05, 4.69) is 0 Å². The van der Waals surface area contributed by atoms with Gasteiger partial charge in [-0.3, -0.25) is 4.79 Å². The molecule has 19 heavy (non-hydrogen) atoms. The van der Waals surface area contributed by atoms with Crippen LogP contribution in [0.3, 0.4) is 0 Å². The van der Waals surface area contributed by atoms with Crippen molar-refractivity contribution >= 4 is 15.8 Å². The van der Waals surface area contributed by atoms with Crippen LogP contribution in [0.4, 0.5) is 8.78 Å². The third kappa shape index (κ3) is 3.28. The normalized spacial score (nSPS) is 12.5. The van der Waals surface area contributed by atoms with Crippen molar-refractivity contribution in [1.29, 1.82) is 0 Å². The van der Waals surface area contributed by atoms with E-state index in [9.17, 15) is 22.0 Å². The molecule has 0 radical (unpaired) electrons. The highest BCUT2D eigenvalue weighted by Gasteiger charge is 2.31. The van der Waals surface area contributed by atoms with Crippen molar-refractivity contribution in [3.05, 3.63) is 29.3 Å². The van der Waals surface area contributed by atoms with Gasteiger partial charge in [0.15, 0.2) is 9.84 Å². The van der Waals surface area contributed by atoms with Crippen molar-refractivity contribution in [2.45, 2.75) is 25.2 Å². The molecule has 7 heteroatoms. The van der Waals surface area contributed by atoms with Crippen LogP contribution in [0.15, 0.2) is 17.0 Å². The predicted octanol–water partition coefficient (Wildman–Crippen LogP) is 2.02. The second-order valence-corrected chi connectivity index (χ2v) is 6.94. The number of halogens is 2. The van der Waals surface area contributed by atoms with E-state index in [0.717, 1.165) is 12.1 Å². The van der Waals surface area contributed by atoms with Gasteiger partial charge in [0.25, 0.3) is 0 Å². The Morgan fingerprint density at radius 2 is 1.84 bits per heavy atom. The fraction of sp³-hybridized carbons (Fsp3) is 0.417. The van der Waals surface area contributed by atoms with Crippen LogP contribution in [0, 0.1) is 17.0 Å². The highest BCUT2D eigenvalue weighted by atomic mass is 32.2. The molecule has 0 spiro atoms. The van der Waals surface area contributed by atoms with Gasteiger partial charge in [-0.05, 0) is 31.9 Å². The molecule has 0 bridgehead atoms. The molecule has 0 aliphatic rings. The van der Waals surface area contributed by atoms with Crippen molar-refractivity contribution in [2.24, 2.45) is 5.41 Å². The van der Waals surface area contributed by atoms with Gasteiger partial charge in [0.05, 0.1) is 5.41 Å². The summed E-state index contributed by atoms with van der Waals surface area (Å²) in [5.41, 5.74) is -1.43. The molecule has 0 aromatic heterocycles. The SMILES string of the molecule is CC(C)(Cc1ccc(F)c(S(C)(=O)=O)c1F)C(=O)O. The molecular weight excluding hydrogens is 278 g/mol. The van der Waals surface area contributed by atoms with Gasteiger partial charge in [0, 0.05) is 6.26 Å². The fourth-order valence-electron chi connectivity index (χ4n) is 1.60. The topological polar surface area (TPSA) is 71.4 Å². The van der Waals surface area contributed by atoms with Gasteiger partial charge in [-0.15, -0.1) is 0 Å². The molecule has 106 valence electrons. The van der Waals surface area contributed by atoms with Crippen LogP contribution >= 0.6 is 0 Å². The van der Waals surface area contributed by atoms with Crippen LogP contribution < -0.4 is 0 Å². The van der Waals surface area contributed by atoms with Gasteiger partial charge in [0.1, 0.15) is 16.5 Å². The molecule has 0 atom stereocenters. The Balaban J connectivity index is 3.38. The third-order valence-corrected chi connectivity index (χ3v) is 3.83. The highest BCUT2D eigenvalue weighted by Crippen LogP contribution is 2.28. The first-order valence-corrected chi connectivity index (χ1v) is 7.26. The number of sulfone groups is 1. The Hall–Kier alpha value is -1.50. The number of carbonyl (C=O) groups is 1. The molecule has 1 aromatic carbocycles. The molecule has 0 aliphatic heterocycles. The first-order valence-electron chi connectivity index (χ1n) is 5.37. The number of aliphatic carboxylic acids is 1. The number of carboxylic acids is 1. The Labute approximate surface area is 110 Å². The van der Waals surface area contributed by atoms with E-state index in [-0.39, 0.29) is 12.0 Å². The average molecular weight is 292 g/mol. The van der Waals surface area contributed by atoms with E-state index < -0.39 is 37.8 Å². The average Bonchev–Trinajstić information content (AvgIpc) is 2.20. The van der Waals surface area contributed by atoms with E-state index in [1.165, 1.54) is 13.8 Å². The number of hydrogen-bond donors (Lipinski definition) is 1. The van der Waals surface area contributed by atoms with E-state index in [0.29, 0.717) is 6.26 Å². The van der Waals surface area contributed by atoms with Gasteiger partial charge in [-0.1, -0.05) is 6.07 Å². The van der Waals surface area contributed by atoms with E-state index in [4.69, 9.17) is 5.11 Å². The molecule has 0 saturated heterocycles. The summed E-state index contributed by atoms with van der Waals surface area (Å²) in [7, 11) is -4.06. The Morgan fingerprint density at radius 3 is 2.26 bits per heavy atom. The van der Waals surface area contributed by atoms with Gasteiger partial charge in [-0.2, -0.15) is 0 Å². The van der Waals surface area contributed by atoms with Crippen molar-refractivity contribution in [3.8, 4) is 0 Å². The van der Waals surface area contributed by atoms with Crippen molar-refractivity contribution in [1.82, 2.24) is 0 Å². The van der Waals surface area contributed by atoms with E-state index in [1.807, 2.05) is 0 Å². The zero-order chi connectivity index (χ0) is 15.0. The summed E-state index contributed by atoms with van der Waals surface area (Å²) in [6.45, 7) is 2.75. The summed E-state index contributed by atoms with van der Waals surface area (Å²) in [6.07, 6.45) is 0.456. The number of benzene rings is 1. The second kappa shape index (κ2) is 4.88. The summed E-state index contributed by atoms with van der Waals surface area (Å²) >= 11 is 0. The zero-order valence-corrected chi connectivity index (χ0v) is 11.5. The number of carboxylic acid groups (broad SMARTS) is 1. The smallest absolute Gasteiger partial charge is 0.309 e. The van der Waals surface area contributed by atoms with Crippen molar-refractivity contribution in [2.75, 3.05) is 6.26 Å². The molecule has 0 fully saturated rings. The zero-order valence-electron chi connectivity index (χ0n) is 10.7. The highest BCUT2D eigenvalue weighted by molar-refractivity contribution is 7.90. The fourth-order valence-corrected chi connectivity index (χ4v) is 2.48. The predicted molar refractivity (Wildman–Crippen MR) is 64.6 cm³/mol. The number of rotatable bonds is 4. The molecule has 4 nitrogen and oxygen atoms in total. The second-order valence-electron chi connectivity index (χ2n) is 4.99. The Kier molecular flexibility index (Phi) is 4.00. The molecule has 1 rings (SSSR count). The minimum absolute atomic E-state index is 0.144. The van der Waals surface area contributed by atoms with Gasteiger partial charge >= 0.3 is 5.97 Å². The van der Waals surface area contributed by atoms with Gasteiger partial charge in [0.2, 0.25) is 0 Å². The van der Waals surface area contributed by atoms with Crippen LogP contribution in [0.5, 0.6) is 0 Å². The Bertz CT molecular complexity index is 621. The maximum Gasteiger partial charge on any atom is 0.309 e. The molecule has 1 aromatic rings. The minimum Gasteiger partial charge on any atom is -0.481 e. The van der Waals surface area contributed by atoms with Crippen LogP contribution in [0.25, 0.3) is 0 Å². The van der Waals surface area contributed by atoms with Crippen molar-refractivity contribution in [3.63, 3.8) is 0 Å². The quantitative estimate of drug-likeness (QED) is 0.921. The van der Waals surface area contributed by atoms with E-state index in [1.54, 1.807) is 0 Å². The van der Waals surface area contributed by atoms with Crippen LogP contribution in [0.2, 0.25) is 0 Å².